The molecule has 0 radical (unpaired) electrons. The van der Waals surface area contributed by atoms with Crippen molar-refractivity contribution in [1.82, 2.24) is 5.32 Å². The predicted molar refractivity (Wildman–Crippen MR) is 67.4 cm³/mol. The summed E-state index contributed by atoms with van der Waals surface area (Å²) in [7, 11) is 0. The zero-order valence-electron chi connectivity index (χ0n) is 11.6. The average molecular weight is 278 g/mol. The van der Waals surface area contributed by atoms with E-state index < -0.39 is 17.5 Å². The number of carbonyl (C=O) groups excluding carboxylic acids is 1. The number of carbonyl (C=O) groups is 3. The maximum Gasteiger partial charge on any atom is 0.414 e. The van der Waals surface area contributed by atoms with Crippen molar-refractivity contribution in [3.63, 3.8) is 0 Å². The second-order valence-corrected chi connectivity index (χ2v) is 5.34. The molecule has 0 aliphatic heterocycles. The molecule has 0 saturated carbocycles. The topological polar surface area (TPSA) is 150 Å². The summed E-state index contributed by atoms with van der Waals surface area (Å²) >= 11 is 0. The lowest BCUT2D eigenvalue weighted by atomic mass is 9.94. The van der Waals surface area contributed by atoms with Gasteiger partial charge < -0.3 is 26.4 Å². The number of aliphatic hydroxyl groups is 1. The lowest BCUT2D eigenvalue weighted by molar-refractivity contribution is -0.159. The number of carboxylic acid groups (broad SMARTS) is 2. The van der Waals surface area contributed by atoms with Crippen molar-refractivity contribution in [3.05, 3.63) is 0 Å². The fourth-order valence-corrected chi connectivity index (χ4v) is 0.603. The number of amides is 1. The summed E-state index contributed by atoms with van der Waals surface area (Å²) in [5.41, 5.74) is 4.43. The molecule has 6 N–H and O–H groups in total. The van der Waals surface area contributed by atoms with Crippen LogP contribution in [0, 0.1) is 5.41 Å². The summed E-state index contributed by atoms with van der Waals surface area (Å²) in [6.45, 7) is 7.51. The number of aliphatic hydroxyl groups excluding tert-OH is 1. The second kappa shape index (κ2) is 7.70. The molecule has 0 aromatic rings. The van der Waals surface area contributed by atoms with Gasteiger partial charge in [-0.05, 0) is 13.8 Å². The van der Waals surface area contributed by atoms with E-state index in [1.54, 1.807) is 13.8 Å². The minimum Gasteiger partial charge on any atom is -0.473 e. The number of hydrogen-bond donors (Lipinski definition) is 5. The van der Waals surface area contributed by atoms with Crippen LogP contribution >= 0.6 is 0 Å². The Bertz CT molecular complexity index is 321. The molecule has 0 unspecified atom stereocenters. The van der Waals surface area contributed by atoms with Crippen LogP contribution in [0.5, 0.6) is 0 Å². The van der Waals surface area contributed by atoms with E-state index in [9.17, 15) is 4.79 Å². The highest BCUT2D eigenvalue weighted by atomic mass is 16.4. The van der Waals surface area contributed by atoms with Gasteiger partial charge in [-0.2, -0.15) is 0 Å². The zero-order valence-corrected chi connectivity index (χ0v) is 11.6. The SMILES string of the molecule is CC(C)(CO)CNC(=O)C(C)(C)N.O=C(O)C(=O)O. The first-order valence-corrected chi connectivity index (χ1v) is 5.48. The van der Waals surface area contributed by atoms with E-state index in [4.69, 9.17) is 30.6 Å². The molecule has 0 aliphatic rings. The van der Waals surface area contributed by atoms with Crippen molar-refractivity contribution in [2.45, 2.75) is 33.2 Å². The smallest absolute Gasteiger partial charge is 0.414 e. The lowest BCUT2D eigenvalue weighted by Crippen LogP contribution is -2.51. The average Bonchev–Trinajstić information content (AvgIpc) is 2.25. The minimum absolute atomic E-state index is 0.0400. The third-order valence-corrected chi connectivity index (χ3v) is 1.92. The largest absolute Gasteiger partial charge is 0.473 e. The molecule has 0 aromatic carbocycles. The molecule has 0 aliphatic carbocycles. The van der Waals surface area contributed by atoms with Gasteiger partial charge >= 0.3 is 11.9 Å². The molecule has 0 spiro atoms. The predicted octanol–water partition coefficient (Wildman–Crippen LogP) is -0.986. The van der Waals surface area contributed by atoms with Crippen LogP contribution in [0.3, 0.4) is 0 Å². The molecular weight excluding hydrogens is 256 g/mol. The Morgan fingerprint density at radius 1 is 1.05 bits per heavy atom. The maximum absolute atomic E-state index is 11.3. The standard InChI is InChI=1S/C9H20N2O2.C2H2O4/c1-8(2,6-12)5-11-7(13)9(3,4)10;3-1(4)2(5)6/h12H,5-6,10H2,1-4H3,(H,11,13);(H,3,4)(H,5,6). The number of aliphatic carboxylic acids is 2. The molecule has 112 valence electrons. The molecule has 0 aromatic heterocycles. The Balaban J connectivity index is 0. The summed E-state index contributed by atoms with van der Waals surface area (Å²) < 4.78 is 0. The van der Waals surface area contributed by atoms with Gasteiger partial charge in [0.15, 0.2) is 0 Å². The third kappa shape index (κ3) is 11.2. The summed E-state index contributed by atoms with van der Waals surface area (Å²) in [5.74, 6) is -3.85. The number of rotatable bonds is 4. The number of nitrogens with one attached hydrogen (secondary N) is 1. The molecule has 0 atom stereocenters. The van der Waals surface area contributed by atoms with E-state index in [1.807, 2.05) is 13.8 Å². The number of carboxylic acids is 2. The molecule has 0 fully saturated rings. The van der Waals surface area contributed by atoms with E-state index in [0.717, 1.165) is 0 Å². The molecule has 8 heteroatoms. The van der Waals surface area contributed by atoms with Crippen molar-refractivity contribution >= 4 is 17.8 Å². The van der Waals surface area contributed by atoms with Crippen molar-refractivity contribution < 1.29 is 29.7 Å². The van der Waals surface area contributed by atoms with E-state index >= 15 is 0 Å². The van der Waals surface area contributed by atoms with Crippen LogP contribution in [-0.4, -0.2) is 51.9 Å². The summed E-state index contributed by atoms with van der Waals surface area (Å²) in [4.78, 5) is 29.5. The van der Waals surface area contributed by atoms with Crippen molar-refractivity contribution in [3.8, 4) is 0 Å². The Kier molecular flexibility index (Phi) is 7.97. The van der Waals surface area contributed by atoms with Crippen LogP contribution < -0.4 is 11.1 Å². The highest BCUT2D eigenvalue weighted by molar-refractivity contribution is 6.27. The monoisotopic (exact) mass is 278 g/mol. The third-order valence-electron chi connectivity index (χ3n) is 1.92. The number of nitrogens with two attached hydrogens (primary N) is 1. The highest BCUT2D eigenvalue weighted by Gasteiger charge is 2.24. The van der Waals surface area contributed by atoms with Crippen LogP contribution in [0.4, 0.5) is 0 Å². The van der Waals surface area contributed by atoms with Gasteiger partial charge in [0.25, 0.3) is 0 Å². The Morgan fingerprint density at radius 3 is 1.63 bits per heavy atom. The van der Waals surface area contributed by atoms with Crippen LogP contribution in [0.25, 0.3) is 0 Å². The quantitative estimate of drug-likeness (QED) is 0.414. The first kappa shape index (κ1) is 19.7. The van der Waals surface area contributed by atoms with Crippen molar-refractivity contribution in [2.24, 2.45) is 11.1 Å². The normalized spacial score (nSPS) is 11.1. The van der Waals surface area contributed by atoms with E-state index in [-0.39, 0.29) is 17.9 Å². The van der Waals surface area contributed by atoms with Gasteiger partial charge in [0.1, 0.15) is 0 Å². The van der Waals surface area contributed by atoms with E-state index in [0.29, 0.717) is 6.54 Å². The molecule has 8 nitrogen and oxygen atoms in total. The van der Waals surface area contributed by atoms with Gasteiger partial charge in [-0.3, -0.25) is 4.79 Å². The molecule has 0 rings (SSSR count). The summed E-state index contributed by atoms with van der Waals surface area (Å²) in [5, 5.41) is 26.4. The van der Waals surface area contributed by atoms with Crippen LogP contribution in [0.15, 0.2) is 0 Å². The highest BCUT2D eigenvalue weighted by Crippen LogP contribution is 2.11. The van der Waals surface area contributed by atoms with Gasteiger partial charge in [-0.1, -0.05) is 13.8 Å². The van der Waals surface area contributed by atoms with E-state index in [1.165, 1.54) is 0 Å². The first-order chi connectivity index (χ1) is 8.33. The molecule has 0 saturated heterocycles. The number of hydrogen-bond acceptors (Lipinski definition) is 5. The zero-order chi connectivity index (χ0) is 15.9. The van der Waals surface area contributed by atoms with E-state index in [2.05, 4.69) is 5.32 Å². The minimum atomic E-state index is -1.82. The Morgan fingerprint density at radius 2 is 1.42 bits per heavy atom. The molecule has 0 bridgehead atoms. The second-order valence-electron chi connectivity index (χ2n) is 5.34. The van der Waals surface area contributed by atoms with Gasteiger partial charge in [-0.15, -0.1) is 0 Å². The van der Waals surface area contributed by atoms with Crippen LogP contribution in [-0.2, 0) is 14.4 Å². The van der Waals surface area contributed by atoms with Gasteiger partial charge in [0.2, 0.25) is 5.91 Å². The fraction of sp³-hybridized carbons (Fsp3) is 0.727. The fourth-order valence-electron chi connectivity index (χ4n) is 0.603. The molecule has 19 heavy (non-hydrogen) atoms. The van der Waals surface area contributed by atoms with Crippen LogP contribution in [0.1, 0.15) is 27.7 Å². The van der Waals surface area contributed by atoms with Crippen molar-refractivity contribution in [2.75, 3.05) is 13.2 Å². The summed E-state index contributed by atoms with van der Waals surface area (Å²) in [6.07, 6.45) is 0. The van der Waals surface area contributed by atoms with Crippen molar-refractivity contribution in [1.29, 1.82) is 0 Å². The van der Waals surface area contributed by atoms with Gasteiger partial charge in [0.05, 0.1) is 5.54 Å². The Hall–Kier alpha value is -1.67. The Labute approximate surface area is 111 Å². The van der Waals surface area contributed by atoms with Gasteiger partial charge in [-0.25, -0.2) is 9.59 Å². The molecule has 1 amide bonds. The van der Waals surface area contributed by atoms with Gasteiger partial charge in [0, 0.05) is 18.6 Å². The summed E-state index contributed by atoms with van der Waals surface area (Å²) in [6, 6.07) is 0. The molecule has 0 heterocycles. The maximum atomic E-state index is 11.3. The lowest BCUT2D eigenvalue weighted by Gasteiger charge is -2.25. The first-order valence-electron chi connectivity index (χ1n) is 5.48. The van der Waals surface area contributed by atoms with Crippen LogP contribution in [0.2, 0.25) is 0 Å². The molecular formula is C11H22N2O6.